The molecule has 17 heavy (non-hydrogen) atoms. The zero-order valence-electron chi connectivity index (χ0n) is 10.5. The molecule has 2 rings (SSSR count). The van der Waals surface area contributed by atoms with E-state index in [0.717, 1.165) is 5.82 Å². The highest BCUT2D eigenvalue weighted by atomic mass is 16.5. The fourth-order valence-electron chi connectivity index (χ4n) is 1.37. The Labute approximate surface area is 100 Å². The molecule has 0 N–H and O–H groups in total. The first-order valence-corrected chi connectivity index (χ1v) is 5.44. The van der Waals surface area contributed by atoms with Gasteiger partial charge in [0.1, 0.15) is 5.82 Å². The molecule has 0 aliphatic heterocycles. The summed E-state index contributed by atoms with van der Waals surface area (Å²) >= 11 is 0. The molecule has 0 aliphatic rings. The second-order valence-electron chi connectivity index (χ2n) is 4.79. The number of hydrogen-bond acceptors (Lipinski definition) is 4. The van der Waals surface area contributed by atoms with Crippen LogP contribution in [0.3, 0.4) is 0 Å². The lowest BCUT2D eigenvalue weighted by molar-refractivity contribution is 0.388. The minimum atomic E-state index is -0.129. The molecule has 0 saturated carbocycles. The van der Waals surface area contributed by atoms with E-state index in [1.54, 1.807) is 24.1 Å². The van der Waals surface area contributed by atoms with Gasteiger partial charge >= 0.3 is 0 Å². The molecule has 0 aromatic carbocycles. The van der Waals surface area contributed by atoms with Crippen molar-refractivity contribution in [1.82, 2.24) is 19.7 Å². The van der Waals surface area contributed by atoms with Crippen molar-refractivity contribution in [2.45, 2.75) is 26.2 Å². The predicted molar refractivity (Wildman–Crippen MR) is 64.4 cm³/mol. The standard InChI is InChI=1S/C12H16N4O/c1-12(2,3)11-14-9(8-10(15-11)17-4)16-7-5-6-13-16/h5-8H,1-4H3. The quantitative estimate of drug-likeness (QED) is 0.794. The zero-order chi connectivity index (χ0) is 12.5. The molecule has 5 nitrogen and oxygen atoms in total. The van der Waals surface area contributed by atoms with Crippen molar-refractivity contribution in [3.05, 3.63) is 30.4 Å². The van der Waals surface area contributed by atoms with Gasteiger partial charge in [0.05, 0.1) is 7.11 Å². The fourth-order valence-corrected chi connectivity index (χ4v) is 1.37. The Kier molecular flexibility index (Phi) is 2.83. The lowest BCUT2D eigenvalue weighted by Gasteiger charge is -2.17. The third-order valence-corrected chi connectivity index (χ3v) is 2.31. The largest absolute Gasteiger partial charge is 0.481 e. The van der Waals surface area contributed by atoms with Gasteiger partial charge in [-0.15, -0.1) is 0 Å². The second kappa shape index (κ2) is 4.16. The van der Waals surface area contributed by atoms with E-state index >= 15 is 0 Å². The SMILES string of the molecule is COc1cc(-n2cccn2)nc(C(C)(C)C)n1. The maximum atomic E-state index is 5.20. The molecule has 2 heterocycles. The van der Waals surface area contributed by atoms with Gasteiger partial charge in [-0.3, -0.25) is 0 Å². The molecule has 0 unspecified atom stereocenters. The lowest BCUT2D eigenvalue weighted by Crippen LogP contribution is -2.18. The van der Waals surface area contributed by atoms with Crippen LogP contribution < -0.4 is 4.74 Å². The number of nitrogens with zero attached hydrogens (tertiary/aromatic N) is 4. The van der Waals surface area contributed by atoms with Gasteiger partial charge in [0.15, 0.2) is 5.82 Å². The van der Waals surface area contributed by atoms with E-state index in [-0.39, 0.29) is 5.41 Å². The van der Waals surface area contributed by atoms with Crippen LogP contribution in [0.25, 0.3) is 5.82 Å². The van der Waals surface area contributed by atoms with Gasteiger partial charge < -0.3 is 4.74 Å². The Hall–Kier alpha value is -1.91. The van der Waals surface area contributed by atoms with E-state index in [2.05, 4.69) is 35.8 Å². The molecule has 0 bridgehead atoms. The summed E-state index contributed by atoms with van der Waals surface area (Å²) in [6.45, 7) is 6.19. The molecule has 0 amide bonds. The van der Waals surface area contributed by atoms with E-state index in [1.165, 1.54) is 0 Å². The number of aromatic nitrogens is 4. The van der Waals surface area contributed by atoms with Gasteiger partial charge in [-0.25, -0.2) is 9.67 Å². The van der Waals surface area contributed by atoms with Gasteiger partial charge in [0.2, 0.25) is 5.88 Å². The van der Waals surface area contributed by atoms with Gasteiger partial charge in [-0.05, 0) is 6.07 Å². The van der Waals surface area contributed by atoms with Crippen molar-refractivity contribution < 1.29 is 4.74 Å². The summed E-state index contributed by atoms with van der Waals surface area (Å²) in [5.74, 6) is 2.00. The molecule has 0 saturated heterocycles. The monoisotopic (exact) mass is 232 g/mol. The average molecular weight is 232 g/mol. The maximum absolute atomic E-state index is 5.20. The minimum Gasteiger partial charge on any atom is -0.481 e. The Morgan fingerprint density at radius 3 is 2.53 bits per heavy atom. The van der Waals surface area contributed by atoms with E-state index in [1.807, 2.05) is 12.3 Å². The summed E-state index contributed by atoms with van der Waals surface area (Å²) in [4.78, 5) is 8.86. The highest BCUT2D eigenvalue weighted by molar-refractivity contribution is 5.29. The smallest absolute Gasteiger partial charge is 0.218 e. The van der Waals surface area contributed by atoms with Gasteiger partial charge in [0.25, 0.3) is 0 Å². The number of hydrogen-bond donors (Lipinski definition) is 0. The number of rotatable bonds is 2. The lowest BCUT2D eigenvalue weighted by atomic mass is 9.96. The van der Waals surface area contributed by atoms with Crippen LogP contribution in [-0.4, -0.2) is 26.9 Å². The van der Waals surface area contributed by atoms with Crippen molar-refractivity contribution in [3.63, 3.8) is 0 Å². The van der Waals surface area contributed by atoms with Crippen LogP contribution in [0.1, 0.15) is 26.6 Å². The molecule has 2 aromatic rings. The van der Waals surface area contributed by atoms with Crippen molar-refractivity contribution in [2.24, 2.45) is 0 Å². The van der Waals surface area contributed by atoms with Crippen LogP contribution >= 0.6 is 0 Å². The molecule has 90 valence electrons. The van der Waals surface area contributed by atoms with Crippen LogP contribution in [0.5, 0.6) is 5.88 Å². The normalized spacial score (nSPS) is 11.5. The van der Waals surface area contributed by atoms with Gasteiger partial charge in [0, 0.05) is 23.9 Å². The summed E-state index contributed by atoms with van der Waals surface area (Å²) in [5, 5.41) is 4.16. The number of methoxy groups -OCH3 is 1. The molecule has 2 aromatic heterocycles. The van der Waals surface area contributed by atoms with Crippen molar-refractivity contribution >= 4 is 0 Å². The van der Waals surface area contributed by atoms with E-state index < -0.39 is 0 Å². The van der Waals surface area contributed by atoms with E-state index in [0.29, 0.717) is 11.7 Å². The highest BCUT2D eigenvalue weighted by Gasteiger charge is 2.19. The van der Waals surface area contributed by atoms with Crippen LogP contribution in [-0.2, 0) is 5.41 Å². The first-order valence-electron chi connectivity index (χ1n) is 5.44. The minimum absolute atomic E-state index is 0.129. The zero-order valence-corrected chi connectivity index (χ0v) is 10.5. The third-order valence-electron chi connectivity index (χ3n) is 2.31. The third kappa shape index (κ3) is 2.43. The summed E-state index contributed by atoms with van der Waals surface area (Å²) in [6.07, 6.45) is 3.56. The molecule has 0 spiro atoms. The molecule has 0 atom stereocenters. The maximum Gasteiger partial charge on any atom is 0.218 e. The molecule has 0 aliphatic carbocycles. The molecule has 0 fully saturated rings. The van der Waals surface area contributed by atoms with Crippen molar-refractivity contribution in [3.8, 4) is 11.7 Å². The second-order valence-corrected chi connectivity index (χ2v) is 4.79. The van der Waals surface area contributed by atoms with Crippen LogP contribution in [0.15, 0.2) is 24.5 Å². The van der Waals surface area contributed by atoms with Crippen LogP contribution in [0, 0.1) is 0 Å². The summed E-state index contributed by atoms with van der Waals surface area (Å²) in [6, 6.07) is 3.62. The molecular formula is C12H16N4O. The first kappa shape index (κ1) is 11.6. The molecular weight excluding hydrogens is 216 g/mol. The Balaban J connectivity index is 2.54. The Bertz CT molecular complexity index is 500. The van der Waals surface area contributed by atoms with Crippen molar-refractivity contribution in [1.29, 1.82) is 0 Å². The van der Waals surface area contributed by atoms with Crippen LogP contribution in [0.4, 0.5) is 0 Å². The van der Waals surface area contributed by atoms with E-state index in [4.69, 9.17) is 4.74 Å². The van der Waals surface area contributed by atoms with E-state index in [9.17, 15) is 0 Å². The Morgan fingerprint density at radius 2 is 2.00 bits per heavy atom. The average Bonchev–Trinajstić information content (AvgIpc) is 2.80. The van der Waals surface area contributed by atoms with Gasteiger partial charge in [-0.1, -0.05) is 20.8 Å². The molecule has 0 radical (unpaired) electrons. The van der Waals surface area contributed by atoms with Crippen LogP contribution in [0.2, 0.25) is 0 Å². The highest BCUT2D eigenvalue weighted by Crippen LogP contribution is 2.22. The molecule has 5 heteroatoms. The summed E-state index contributed by atoms with van der Waals surface area (Å²) in [5.41, 5.74) is -0.129. The van der Waals surface area contributed by atoms with Gasteiger partial charge in [-0.2, -0.15) is 10.1 Å². The number of ether oxygens (including phenoxy) is 1. The first-order chi connectivity index (χ1) is 8.00. The topological polar surface area (TPSA) is 52.8 Å². The van der Waals surface area contributed by atoms with Crippen molar-refractivity contribution in [2.75, 3.05) is 7.11 Å². The summed E-state index contributed by atoms with van der Waals surface area (Å²) in [7, 11) is 1.60. The summed E-state index contributed by atoms with van der Waals surface area (Å²) < 4.78 is 6.89. The Morgan fingerprint density at radius 1 is 1.24 bits per heavy atom. The predicted octanol–water partition coefficient (Wildman–Crippen LogP) is 1.97. The fraction of sp³-hybridized carbons (Fsp3) is 0.417.